The molecule has 0 aliphatic rings. The number of rotatable bonds is 3. The second-order valence-electron chi connectivity index (χ2n) is 4.90. The number of ether oxygens (including phenoxy) is 1. The van der Waals surface area contributed by atoms with E-state index in [0.717, 1.165) is 15.8 Å². The number of methoxy groups -OCH3 is 1. The first kappa shape index (κ1) is 15.1. The third-order valence-corrected chi connectivity index (χ3v) is 4.35. The van der Waals surface area contributed by atoms with Crippen LogP contribution in [0.2, 0.25) is 0 Å². The van der Waals surface area contributed by atoms with Crippen molar-refractivity contribution in [1.29, 1.82) is 0 Å². The minimum absolute atomic E-state index is 0.244. The van der Waals surface area contributed by atoms with E-state index in [1.54, 1.807) is 18.2 Å². The van der Waals surface area contributed by atoms with Crippen molar-refractivity contribution in [2.45, 2.75) is 6.92 Å². The SMILES string of the molecule is COc1ccccc1NC(=O)Nc1c(=O)[nH]c(C)c2ccsc12. The number of aromatic nitrogens is 1. The molecule has 2 heterocycles. The average molecular weight is 329 g/mol. The number of anilines is 2. The molecule has 0 bridgehead atoms. The van der Waals surface area contributed by atoms with Crippen LogP contribution in [0.15, 0.2) is 40.5 Å². The topological polar surface area (TPSA) is 83.2 Å². The van der Waals surface area contributed by atoms with Gasteiger partial charge in [-0.1, -0.05) is 12.1 Å². The summed E-state index contributed by atoms with van der Waals surface area (Å²) >= 11 is 1.41. The zero-order valence-corrected chi connectivity index (χ0v) is 13.4. The third-order valence-electron chi connectivity index (χ3n) is 3.42. The fourth-order valence-corrected chi connectivity index (χ4v) is 3.28. The molecule has 3 aromatic rings. The van der Waals surface area contributed by atoms with E-state index in [-0.39, 0.29) is 11.2 Å². The maximum atomic E-state index is 12.2. The van der Waals surface area contributed by atoms with Gasteiger partial charge in [0, 0.05) is 11.1 Å². The van der Waals surface area contributed by atoms with Crippen LogP contribution >= 0.6 is 11.3 Å². The number of aromatic amines is 1. The summed E-state index contributed by atoms with van der Waals surface area (Å²) < 4.78 is 5.94. The third kappa shape index (κ3) is 2.91. The first-order valence-corrected chi connectivity index (χ1v) is 7.79. The van der Waals surface area contributed by atoms with Crippen molar-refractivity contribution in [2.75, 3.05) is 17.7 Å². The summed E-state index contributed by atoms with van der Waals surface area (Å²) in [6.07, 6.45) is 0. The van der Waals surface area contributed by atoms with Crippen LogP contribution in [0, 0.1) is 6.92 Å². The minimum atomic E-state index is -0.501. The number of carbonyl (C=O) groups is 1. The summed E-state index contributed by atoms with van der Waals surface area (Å²) in [5.41, 5.74) is 1.22. The Morgan fingerprint density at radius 3 is 2.78 bits per heavy atom. The molecule has 0 atom stereocenters. The van der Waals surface area contributed by atoms with Crippen molar-refractivity contribution in [3.63, 3.8) is 0 Å². The van der Waals surface area contributed by atoms with Crippen LogP contribution in [0.25, 0.3) is 10.1 Å². The van der Waals surface area contributed by atoms with Gasteiger partial charge in [0.2, 0.25) is 0 Å². The number of nitrogens with one attached hydrogen (secondary N) is 3. The number of para-hydroxylation sites is 2. The van der Waals surface area contributed by atoms with Gasteiger partial charge < -0.3 is 20.4 Å². The Balaban J connectivity index is 1.89. The maximum absolute atomic E-state index is 12.2. The van der Waals surface area contributed by atoms with Crippen LogP contribution in [0.4, 0.5) is 16.2 Å². The first-order valence-electron chi connectivity index (χ1n) is 6.91. The van der Waals surface area contributed by atoms with Gasteiger partial charge in [-0.2, -0.15) is 0 Å². The van der Waals surface area contributed by atoms with E-state index >= 15 is 0 Å². The second kappa shape index (κ2) is 6.13. The molecule has 23 heavy (non-hydrogen) atoms. The fraction of sp³-hybridized carbons (Fsp3) is 0.125. The number of fused-ring (bicyclic) bond motifs is 1. The van der Waals surface area contributed by atoms with Crippen LogP contribution in [0.1, 0.15) is 5.69 Å². The van der Waals surface area contributed by atoms with Crippen molar-refractivity contribution >= 4 is 38.8 Å². The largest absolute Gasteiger partial charge is 0.495 e. The number of amides is 2. The lowest BCUT2D eigenvalue weighted by atomic mass is 10.2. The van der Waals surface area contributed by atoms with Gasteiger partial charge >= 0.3 is 6.03 Å². The molecule has 0 saturated heterocycles. The molecule has 0 spiro atoms. The van der Waals surface area contributed by atoms with Crippen molar-refractivity contribution in [2.24, 2.45) is 0 Å². The molecular formula is C16H15N3O3S. The average Bonchev–Trinajstić information content (AvgIpc) is 3.02. The van der Waals surface area contributed by atoms with Gasteiger partial charge in [-0.15, -0.1) is 11.3 Å². The monoisotopic (exact) mass is 329 g/mol. The van der Waals surface area contributed by atoms with Crippen molar-refractivity contribution in [1.82, 2.24) is 4.98 Å². The van der Waals surface area contributed by atoms with E-state index in [4.69, 9.17) is 4.74 Å². The standard InChI is InChI=1S/C16H15N3O3S/c1-9-10-7-8-23-14(10)13(15(20)17-9)19-16(21)18-11-5-3-4-6-12(11)22-2/h3-8H,1-2H3,(H,17,20)(H2,18,19,21). The fourth-order valence-electron chi connectivity index (χ4n) is 2.33. The molecule has 2 amide bonds. The lowest BCUT2D eigenvalue weighted by Crippen LogP contribution is -2.24. The van der Waals surface area contributed by atoms with Gasteiger partial charge in [0.15, 0.2) is 0 Å². The molecule has 6 nitrogen and oxygen atoms in total. The van der Waals surface area contributed by atoms with E-state index in [1.165, 1.54) is 18.4 Å². The molecule has 0 aliphatic heterocycles. The first-order chi connectivity index (χ1) is 11.1. The molecule has 7 heteroatoms. The smallest absolute Gasteiger partial charge is 0.323 e. The number of benzene rings is 1. The van der Waals surface area contributed by atoms with Crippen LogP contribution < -0.4 is 20.9 Å². The summed E-state index contributed by atoms with van der Waals surface area (Å²) in [5, 5.41) is 8.11. The number of hydrogen-bond donors (Lipinski definition) is 3. The summed E-state index contributed by atoms with van der Waals surface area (Å²) in [5.74, 6) is 0.543. The Kier molecular flexibility index (Phi) is 4.03. The molecule has 0 saturated carbocycles. The normalized spacial score (nSPS) is 10.5. The Morgan fingerprint density at radius 1 is 1.22 bits per heavy atom. The molecule has 1 aromatic carbocycles. The molecule has 0 radical (unpaired) electrons. The second-order valence-corrected chi connectivity index (χ2v) is 5.81. The molecule has 3 rings (SSSR count). The Morgan fingerprint density at radius 2 is 2.00 bits per heavy atom. The lowest BCUT2D eigenvalue weighted by molar-refractivity contribution is 0.262. The maximum Gasteiger partial charge on any atom is 0.323 e. The molecular weight excluding hydrogens is 314 g/mol. The summed E-state index contributed by atoms with van der Waals surface area (Å²) in [7, 11) is 1.53. The number of thiophene rings is 1. The summed E-state index contributed by atoms with van der Waals surface area (Å²) in [4.78, 5) is 27.1. The van der Waals surface area contributed by atoms with Gasteiger partial charge in [-0.25, -0.2) is 4.79 Å². The Labute approximate surface area is 136 Å². The number of pyridine rings is 1. The zero-order chi connectivity index (χ0) is 16.4. The van der Waals surface area contributed by atoms with Crippen LogP contribution in [-0.4, -0.2) is 18.1 Å². The van der Waals surface area contributed by atoms with Gasteiger partial charge in [-0.3, -0.25) is 4.79 Å². The Bertz CT molecular complexity index is 930. The lowest BCUT2D eigenvalue weighted by Gasteiger charge is -2.11. The van der Waals surface area contributed by atoms with E-state index in [1.807, 2.05) is 24.4 Å². The van der Waals surface area contributed by atoms with Crippen LogP contribution in [0.3, 0.4) is 0 Å². The highest BCUT2D eigenvalue weighted by Crippen LogP contribution is 2.28. The summed E-state index contributed by atoms with van der Waals surface area (Å²) in [6, 6.07) is 8.47. The molecule has 0 fully saturated rings. The molecule has 0 aliphatic carbocycles. The quantitative estimate of drug-likeness (QED) is 0.687. The zero-order valence-electron chi connectivity index (χ0n) is 12.6. The Hall–Kier alpha value is -2.80. The van der Waals surface area contributed by atoms with Crippen LogP contribution in [-0.2, 0) is 0 Å². The van der Waals surface area contributed by atoms with Gasteiger partial charge in [-0.05, 0) is 30.5 Å². The highest BCUT2D eigenvalue weighted by molar-refractivity contribution is 7.17. The van der Waals surface area contributed by atoms with E-state index < -0.39 is 6.03 Å². The van der Waals surface area contributed by atoms with Gasteiger partial charge in [0.1, 0.15) is 11.4 Å². The molecule has 118 valence electrons. The highest BCUT2D eigenvalue weighted by Gasteiger charge is 2.14. The summed E-state index contributed by atoms with van der Waals surface area (Å²) in [6.45, 7) is 1.83. The number of urea groups is 1. The van der Waals surface area contributed by atoms with Crippen molar-refractivity contribution < 1.29 is 9.53 Å². The highest BCUT2D eigenvalue weighted by atomic mass is 32.1. The number of hydrogen-bond acceptors (Lipinski definition) is 4. The molecule has 2 aromatic heterocycles. The number of carbonyl (C=O) groups excluding carboxylic acids is 1. The molecule has 0 unspecified atom stereocenters. The van der Waals surface area contributed by atoms with Crippen molar-refractivity contribution in [3.05, 3.63) is 51.8 Å². The van der Waals surface area contributed by atoms with E-state index in [2.05, 4.69) is 15.6 Å². The van der Waals surface area contributed by atoms with Gasteiger partial charge in [0.25, 0.3) is 5.56 Å². The number of aryl methyl sites for hydroxylation is 1. The van der Waals surface area contributed by atoms with E-state index in [9.17, 15) is 9.59 Å². The van der Waals surface area contributed by atoms with Crippen LogP contribution in [0.5, 0.6) is 5.75 Å². The number of H-pyrrole nitrogens is 1. The predicted octanol–water partition coefficient (Wildman–Crippen LogP) is 3.55. The van der Waals surface area contributed by atoms with Crippen molar-refractivity contribution in [3.8, 4) is 5.75 Å². The minimum Gasteiger partial charge on any atom is -0.495 e. The van der Waals surface area contributed by atoms with Gasteiger partial charge in [0.05, 0.1) is 17.5 Å². The van der Waals surface area contributed by atoms with E-state index in [0.29, 0.717) is 11.4 Å². The predicted molar refractivity (Wildman–Crippen MR) is 92.8 cm³/mol. The molecule has 3 N–H and O–H groups in total.